The van der Waals surface area contributed by atoms with Gasteiger partial charge in [0.15, 0.2) is 11.5 Å². The first-order valence-electron chi connectivity index (χ1n) is 7.27. The SMILES string of the molecule is CCOc1ccc(C(N)C([Si](C)(C)C)S(C)(=O)=O)cc1OC. The molecule has 1 aromatic carbocycles. The van der Waals surface area contributed by atoms with Gasteiger partial charge >= 0.3 is 0 Å². The molecule has 22 heavy (non-hydrogen) atoms. The summed E-state index contributed by atoms with van der Waals surface area (Å²) < 4.78 is 35.2. The molecule has 0 amide bonds. The van der Waals surface area contributed by atoms with Gasteiger partial charge < -0.3 is 15.2 Å². The van der Waals surface area contributed by atoms with Gasteiger partial charge in [-0.15, -0.1) is 0 Å². The Hall–Kier alpha value is -1.05. The number of methoxy groups -OCH3 is 1. The molecule has 0 aliphatic carbocycles. The van der Waals surface area contributed by atoms with Gasteiger partial charge in [0, 0.05) is 12.3 Å². The van der Waals surface area contributed by atoms with Crippen LogP contribution in [0.15, 0.2) is 18.2 Å². The van der Waals surface area contributed by atoms with Crippen molar-refractivity contribution in [2.24, 2.45) is 5.73 Å². The van der Waals surface area contributed by atoms with Gasteiger partial charge in [-0.3, -0.25) is 0 Å². The summed E-state index contributed by atoms with van der Waals surface area (Å²) in [6, 6.07) is 4.79. The quantitative estimate of drug-likeness (QED) is 0.768. The highest BCUT2D eigenvalue weighted by Crippen LogP contribution is 2.33. The van der Waals surface area contributed by atoms with Gasteiger partial charge in [-0.1, -0.05) is 25.7 Å². The maximum atomic E-state index is 12.2. The average molecular weight is 346 g/mol. The second-order valence-electron chi connectivity index (χ2n) is 6.49. The molecule has 126 valence electrons. The van der Waals surface area contributed by atoms with Gasteiger partial charge in [-0.2, -0.15) is 0 Å². The van der Waals surface area contributed by atoms with E-state index < -0.39 is 28.8 Å². The molecule has 0 radical (unpaired) electrons. The molecular weight excluding hydrogens is 318 g/mol. The molecule has 0 aromatic heterocycles. The van der Waals surface area contributed by atoms with Crippen molar-refractivity contribution in [3.05, 3.63) is 23.8 Å². The van der Waals surface area contributed by atoms with Crippen molar-refractivity contribution in [2.45, 2.75) is 37.5 Å². The Morgan fingerprint density at radius 1 is 1.23 bits per heavy atom. The highest BCUT2D eigenvalue weighted by molar-refractivity contribution is 7.93. The predicted molar refractivity (Wildman–Crippen MR) is 93.1 cm³/mol. The molecule has 0 fully saturated rings. The number of rotatable bonds is 7. The zero-order valence-electron chi connectivity index (χ0n) is 14.2. The summed E-state index contributed by atoms with van der Waals surface area (Å²) >= 11 is 0. The van der Waals surface area contributed by atoms with Crippen LogP contribution in [0, 0.1) is 0 Å². The first-order valence-corrected chi connectivity index (χ1v) is 12.8. The lowest BCUT2D eigenvalue weighted by molar-refractivity contribution is 0.310. The third-order valence-corrected chi connectivity index (χ3v) is 10.2. The molecule has 5 nitrogen and oxygen atoms in total. The molecule has 0 saturated carbocycles. The minimum Gasteiger partial charge on any atom is -0.493 e. The molecule has 0 heterocycles. The maximum Gasteiger partial charge on any atom is 0.161 e. The van der Waals surface area contributed by atoms with Gasteiger partial charge in [0.25, 0.3) is 0 Å². The van der Waals surface area contributed by atoms with E-state index in [1.807, 2.05) is 32.6 Å². The van der Waals surface area contributed by atoms with Crippen molar-refractivity contribution in [3.8, 4) is 11.5 Å². The average Bonchev–Trinajstić information content (AvgIpc) is 2.35. The minimum atomic E-state index is -3.25. The Morgan fingerprint density at radius 2 is 1.82 bits per heavy atom. The summed E-state index contributed by atoms with van der Waals surface area (Å²) in [6.45, 7) is 8.48. The molecule has 2 unspecified atom stereocenters. The Bertz CT molecular complexity index is 610. The van der Waals surface area contributed by atoms with E-state index in [0.29, 0.717) is 18.1 Å². The number of hydrogen-bond acceptors (Lipinski definition) is 5. The van der Waals surface area contributed by atoms with E-state index in [1.54, 1.807) is 19.2 Å². The fourth-order valence-corrected chi connectivity index (χ4v) is 9.89. The summed E-state index contributed by atoms with van der Waals surface area (Å²) in [5, 5.41) is 0. The summed E-state index contributed by atoms with van der Waals surface area (Å²) in [5.74, 6) is 1.20. The van der Waals surface area contributed by atoms with E-state index in [0.717, 1.165) is 5.56 Å². The largest absolute Gasteiger partial charge is 0.493 e. The van der Waals surface area contributed by atoms with Crippen molar-refractivity contribution in [1.29, 1.82) is 0 Å². The van der Waals surface area contributed by atoms with E-state index in [4.69, 9.17) is 15.2 Å². The van der Waals surface area contributed by atoms with Crippen molar-refractivity contribution in [3.63, 3.8) is 0 Å². The molecule has 0 bridgehead atoms. The second kappa shape index (κ2) is 7.02. The van der Waals surface area contributed by atoms with E-state index in [2.05, 4.69) is 0 Å². The van der Waals surface area contributed by atoms with Gasteiger partial charge in [0.1, 0.15) is 9.84 Å². The smallest absolute Gasteiger partial charge is 0.161 e. The molecular formula is C15H27NO4SSi. The fraction of sp³-hybridized carbons (Fsp3) is 0.600. The number of hydrogen-bond donors (Lipinski definition) is 1. The summed E-state index contributed by atoms with van der Waals surface area (Å²) in [6.07, 6.45) is 1.27. The standard InChI is InChI=1S/C15H27NO4SSi/c1-7-20-12-9-8-11(10-13(12)19-2)14(16)15(21(3,17)18)22(4,5)6/h8-10,14-15H,7,16H2,1-6H3. The lowest BCUT2D eigenvalue weighted by Gasteiger charge is -2.32. The fourth-order valence-electron chi connectivity index (χ4n) is 2.79. The van der Waals surface area contributed by atoms with Crippen LogP contribution in [-0.2, 0) is 9.84 Å². The van der Waals surface area contributed by atoms with Gasteiger partial charge in [-0.05, 0) is 24.6 Å². The molecule has 1 rings (SSSR count). The Balaban J connectivity index is 3.28. The van der Waals surface area contributed by atoms with E-state index in [-0.39, 0.29) is 0 Å². The first kappa shape index (κ1) is 19.0. The number of sulfone groups is 1. The predicted octanol–water partition coefficient (Wildman–Crippen LogP) is 2.38. The zero-order chi connectivity index (χ0) is 17.1. The van der Waals surface area contributed by atoms with Gasteiger partial charge in [0.2, 0.25) is 0 Å². The van der Waals surface area contributed by atoms with Crippen LogP contribution in [0.4, 0.5) is 0 Å². The van der Waals surface area contributed by atoms with Gasteiger partial charge in [0.05, 0.1) is 26.7 Å². The normalized spacial score (nSPS) is 15.2. The lowest BCUT2D eigenvalue weighted by Crippen LogP contribution is -2.50. The Labute approximate surface area is 134 Å². The van der Waals surface area contributed by atoms with E-state index in [9.17, 15) is 8.42 Å². The highest BCUT2D eigenvalue weighted by Gasteiger charge is 2.40. The van der Waals surface area contributed by atoms with E-state index >= 15 is 0 Å². The van der Waals surface area contributed by atoms with Crippen LogP contribution in [0.25, 0.3) is 0 Å². The molecule has 2 N–H and O–H groups in total. The number of ether oxygens (including phenoxy) is 2. The molecule has 0 aliphatic heterocycles. The van der Waals surface area contributed by atoms with Crippen molar-refractivity contribution in [2.75, 3.05) is 20.0 Å². The van der Waals surface area contributed by atoms with Crippen molar-refractivity contribution < 1.29 is 17.9 Å². The summed E-state index contributed by atoms with van der Waals surface area (Å²) in [7, 11) is -3.70. The third-order valence-electron chi connectivity index (χ3n) is 3.51. The first-order chi connectivity index (χ1) is 10.0. The Kier molecular flexibility index (Phi) is 6.06. The van der Waals surface area contributed by atoms with Crippen LogP contribution in [-0.4, -0.2) is 41.3 Å². The Morgan fingerprint density at radius 3 is 2.23 bits per heavy atom. The minimum absolute atomic E-state index is 0.530. The maximum absolute atomic E-state index is 12.2. The van der Waals surface area contributed by atoms with Crippen LogP contribution >= 0.6 is 0 Å². The molecule has 7 heteroatoms. The highest BCUT2D eigenvalue weighted by atomic mass is 32.2. The lowest BCUT2D eigenvalue weighted by atomic mass is 10.1. The van der Waals surface area contributed by atoms with Crippen molar-refractivity contribution in [1.82, 2.24) is 0 Å². The van der Waals surface area contributed by atoms with Crippen LogP contribution in [0.1, 0.15) is 18.5 Å². The van der Waals surface area contributed by atoms with E-state index in [1.165, 1.54) is 6.26 Å². The number of benzene rings is 1. The third kappa shape index (κ3) is 4.47. The summed E-state index contributed by atoms with van der Waals surface area (Å²) in [5.41, 5.74) is 7.07. The van der Waals surface area contributed by atoms with Crippen LogP contribution in [0.2, 0.25) is 19.6 Å². The van der Waals surface area contributed by atoms with Crippen LogP contribution in [0.5, 0.6) is 11.5 Å². The molecule has 2 atom stereocenters. The summed E-state index contributed by atoms with van der Waals surface area (Å²) in [4.78, 5) is -0.553. The number of nitrogens with two attached hydrogens (primary N) is 1. The monoisotopic (exact) mass is 345 g/mol. The second-order valence-corrected chi connectivity index (χ2v) is 14.4. The van der Waals surface area contributed by atoms with Crippen LogP contribution in [0.3, 0.4) is 0 Å². The van der Waals surface area contributed by atoms with Crippen molar-refractivity contribution >= 4 is 17.9 Å². The van der Waals surface area contributed by atoms with Gasteiger partial charge in [-0.25, -0.2) is 8.42 Å². The van der Waals surface area contributed by atoms with Crippen LogP contribution < -0.4 is 15.2 Å². The molecule has 0 spiro atoms. The topological polar surface area (TPSA) is 78.6 Å². The zero-order valence-corrected chi connectivity index (χ0v) is 16.0. The molecule has 0 saturated heterocycles. The molecule has 1 aromatic rings. The molecule has 0 aliphatic rings.